The smallest absolute Gasteiger partial charge is 0.0281 e. The van der Waals surface area contributed by atoms with E-state index in [-0.39, 0.29) is 0 Å². The van der Waals surface area contributed by atoms with Crippen molar-refractivity contribution < 1.29 is 0 Å². The van der Waals surface area contributed by atoms with Crippen LogP contribution < -0.4 is 5.32 Å². The lowest BCUT2D eigenvalue weighted by Crippen LogP contribution is -2.42. The third-order valence-corrected chi connectivity index (χ3v) is 6.02. The van der Waals surface area contributed by atoms with Gasteiger partial charge in [0.25, 0.3) is 0 Å². The maximum absolute atomic E-state index is 3.86. The molecule has 0 saturated heterocycles. The van der Waals surface area contributed by atoms with Crippen LogP contribution in [0.3, 0.4) is 0 Å². The second-order valence-corrected chi connectivity index (χ2v) is 7.22. The predicted molar refractivity (Wildman–Crippen MR) is 74.1 cm³/mol. The molecule has 0 heterocycles. The average Bonchev–Trinajstić information content (AvgIpc) is 2.76. The Morgan fingerprint density at radius 3 is 2.56 bits per heavy atom. The van der Waals surface area contributed by atoms with Crippen molar-refractivity contribution in [1.29, 1.82) is 0 Å². The predicted octanol–water partition coefficient (Wildman–Crippen LogP) is 3.83. The molecule has 2 heteroatoms. The Hall–Kier alpha value is 0.310. The first-order valence-corrected chi connectivity index (χ1v) is 8.25. The Bertz CT molecular complexity index is 211. The number of nitrogens with one attached hydrogen (secondary N) is 1. The lowest BCUT2D eigenvalue weighted by atomic mass is 9.87. The summed E-state index contributed by atoms with van der Waals surface area (Å²) in [5, 5.41) is 3.86. The summed E-state index contributed by atoms with van der Waals surface area (Å²) in [7, 11) is 0. The molecule has 0 aromatic heterocycles. The number of hydrogen-bond acceptors (Lipinski definition) is 2. The maximum atomic E-state index is 3.86. The van der Waals surface area contributed by atoms with E-state index in [0.717, 1.165) is 12.0 Å². The summed E-state index contributed by atoms with van der Waals surface area (Å²) in [5.74, 6) is 0.944. The fourth-order valence-corrected chi connectivity index (χ4v) is 4.35. The normalized spacial score (nSPS) is 34.1. The van der Waals surface area contributed by atoms with Gasteiger partial charge >= 0.3 is 0 Å². The summed E-state index contributed by atoms with van der Waals surface area (Å²) in [4.78, 5) is 0. The molecule has 0 aromatic rings. The fourth-order valence-electron chi connectivity index (χ4n) is 3.42. The lowest BCUT2D eigenvalue weighted by molar-refractivity contribution is 0.294. The van der Waals surface area contributed by atoms with E-state index in [9.17, 15) is 0 Å². The Morgan fingerprint density at radius 1 is 1.19 bits per heavy atom. The number of hydrogen-bond donors (Lipinski definition) is 1. The van der Waals surface area contributed by atoms with Gasteiger partial charge in [0, 0.05) is 17.3 Å². The van der Waals surface area contributed by atoms with E-state index >= 15 is 0 Å². The van der Waals surface area contributed by atoms with Crippen LogP contribution in [0.4, 0.5) is 0 Å². The highest BCUT2D eigenvalue weighted by atomic mass is 32.2. The Kier molecular flexibility index (Phi) is 4.60. The van der Waals surface area contributed by atoms with Crippen molar-refractivity contribution in [3.63, 3.8) is 0 Å². The quantitative estimate of drug-likeness (QED) is 0.803. The highest BCUT2D eigenvalue weighted by Gasteiger charge is 2.33. The summed E-state index contributed by atoms with van der Waals surface area (Å²) in [5.41, 5.74) is 0. The van der Waals surface area contributed by atoms with Crippen LogP contribution in [-0.4, -0.2) is 23.6 Å². The largest absolute Gasteiger partial charge is 0.313 e. The number of thioether (sulfide) groups is 1. The molecule has 0 bridgehead atoms. The molecular weight excluding hydrogens is 214 g/mol. The highest BCUT2D eigenvalue weighted by molar-refractivity contribution is 8.00. The van der Waals surface area contributed by atoms with Crippen LogP contribution in [0.1, 0.15) is 58.3 Å². The first-order valence-electron chi connectivity index (χ1n) is 7.03. The SMILES string of the molecule is CSC1(CNC2CCCC(C)C2)CCCC1. The van der Waals surface area contributed by atoms with Crippen LogP contribution in [0, 0.1) is 5.92 Å². The minimum absolute atomic E-state index is 0.584. The molecule has 1 N–H and O–H groups in total. The Labute approximate surface area is 105 Å². The van der Waals surface area contributed by atoms with Crippen LogP contribution >= 0.6 is 11.8 Å². The van der Waals surface area contributed by atoms with E-state index < -0.39 is 0 Å². The molecule has 2 atom stereocenters. The van der Waals surface area contributed by atoms with Gasteiger partial charge in [0.15, 0.2) is 0 Å². The van der Waals surface area contributed by atoms with Gasteiger partial charge in [0.1, 0.15) is 0 Å². The first kappa shape index (κ1) is 12.8. The van der Waals surface area contributed by atoms with Crippen molar-refractivity contribution in [3.05, 3.63) is 0 Å². The first-order chi connectivity index (χ1) is 7.74. The van der Waals surface area contributed by atoms with Crippen molar-refractivity contribution in [2.45, 2.75) is 69.1 Å². The van der Waals surface area contributed by atoms with Gasteiger partial charge in [0.05, 0.1) is 0 Å². The van der Waals surface area contributed by atoms with E-state index in [0.29, 0.717) is 4.75 Å². The molecule has 0 amide bonds. The van der Waals surface area contributed by atoms with Gasteiger partial charge in [-0.1, -0.05) is 32.6 Å². The molecule has 0 spiro atoms. The van der Waals surface area contributed by atoms with Gasteiger partial charge in [-0.05, 0) is 37.9 Å². The van der Waals surface area contributed by atoms with Gasteiger partial charge in [0.2, 0.25) is 0 Å². The van der Waals surface area contributed by atoms with Crippen LogP contribution in [0.25, 0.3) is 0 Å². The van der Waals surface area contributed by atoms with Gasteiger partial charge in [-0.2, -0.15) is 11.8 Å². The molecule has 16 heavy (non-hydrogen) atoms. The molecule has 2 rings (SSSR count). The molecular formula is C14H27NS. The monoisotopic (exact) mass is 241 g/mol. The van der Waals surface area contributed by atoms with Gasteiger partial charge in [-0.15, -0.1) is 0 Å². The summed E-state index contributed by atoms with van der Waals surface area (Å²) in [6.45, 7) is 3.67. The van der Waals surface area contributed by atoms with Crippen LogP contribution in [0.2, 0.25) is 0 Å². The zero-order chi connectivity index (χ0) is 11.4. The maximum Gasteiger partial charge on any atom is 0.0281 e. The number of rotatable bonds is 4. The highest BCUT2D eigenvalue weighted by Crippen LogP contribution is 2.40. The molecule has 0 radical (unpaired) electrons. The zero-order valence-corrected chi connectivity index (χ0v) is 11.7. The fraction of sp³-hybridized carbons (Fsp3) is 1.00. The summed E-state index contributed by atoms with van der Waals surface area (Å²) >= 11 is 2.11. The molecule has 1 nitrogen and oxygen atoms in total. The van der Waals surface area contributed by atoms with Crippen LogP contribution in [0.15, 0.2) is 0 Å². The summed E-state index contributed by atoms with van der Waals surface area (Å²) in [6.07, 6.45) is 13.8. The molecule has 2 aliphatic carbocycles. The average molecular weight is 241 g/mol. The van der Waals surface area contributed by atoms with Crippen molar-refractivity contribution in [1.82, 2.24) is 5.32 Å². The zero-order valence-electron chi connectivity index (χ0n) is 10.9. The van der Waals surface area contributed by atoms with E-state index in [1.165, 1.54) is 57.9 Å². The second kappa shape index (κ2) is 5.77. The van der Waals surface area contributed by atoms with Gasteiger partial charge in [-0.3, -0.25) is 0 Å². The standard InChI is InChI=1S/C14H27NS/c1-12-6-5-7-13(10-12)15-11-14(16-2)8-3-4-9-14/h12-13,15H,3-11H2,1-2H3. The minimum atomic E-state index is 0.584. The van der Waals surface area contributed by atoms with E-state index in [4.69, 9.17) is 0 Å². The minimum Gasteiger partial charge on any atom is -0.313 e. The molecule has 0 aliphatic heterocycles. The van der Waals surface area contributed by atoms with Gasteiger partial charge in [-0.25, -0.2) is 0 Å². The molecule has 2 saturated carbocycles. The molecule has 94 valence electrons. The summed E-state index contributed by atoms with van der Waals surface area (Å²) in [6, 6.07) is 0.813. The molecule has 2 aliphatic rings. The van der Waals surface area contributed by atoms with E-state index in [1.807, 2.05) is 0 Å². The molecule has 0 aromatic carbocycles. The summed E-state index contributed by atoms with van der Waals surface area (Å²) < 4.78 is 0.584. The van der Waals surface area contributed by atoms with Crippen molar-refractivity contribution in [2.75, 3.05) is 12.8 Å². The van der Waals surface area contributed by atoms with Crippen molar-refractivity contribution in [2.24, 2.45) is 5.92 Å². The van der Waals surface area contributed by atoms with Crippen molar-refractivity contribution >= 4 is 11.8 Å². The van der Waals surface area contributed by atoms with Crippen molar-refractivity contribution in [3.8, 4) is 0 Å². The second-order valence-electron chi connectivity index (χ2n) is 5.94. The van der Waals surface area contributed by atoms with E-state index in [1.54, 1.807) is 0 Å². The third kappa shape index (κ3) is 3.16. The van der Waals surface area contributed by atoms with Gasteiger partial charge < -0.3 is 5.32 Å². The lowest BCUT2D eigenvalue weighted by Gasteiger charge is -2.33. The Morgan fingerprint density at radius 2 is 1.94 bits per heavy atom. The van der Waals surface area contributed by atoms with E-state index in [2.05, 4.69) is 30.3 Å². The topological polar surface area (TPSA) is 12.0 Å². The van der Waals surface area contributed by atoms with Crippen LogP contribution in [-0.2, 0) is 0 Å². The Balaban J connectivity index is 1.77. The third-order valence-electron chi connectivity index (χ3n) is 4.60. The molecule has 2 fully saturated rings. The van der Waals surface area contributed by atoms with Crippen LogP contribution in [0.5, 0.6) is 0 Å². The molecule has 2 unspecified atom stereocenters.